The Bertz CT molecular complexity index is 236. The van der Waals surface area contributed by atoms with E-state index in [1.54, 1.807) is 0 Å². The van der Waals surface area contributed by atoms with E-state index in [1.165, 1.54) is 13.7 Å². The van der Waals surface area contributed by atoms with Gasteiger partial charge in [0, 0.05) is 12.6 Å². The Morgan fingerprint density at radius 2 is 1.94 bits per heavy atom. The summed E-state index contributed by atoms with van der Waals surface area (Å²) in [6.45, 7) is 9.81. The Morgan fingerprint density at radius 1 is 1.35 bits per heavy atom. The molecule has 1 rings (SSSR count). The number of nitrogens with one attached hydrogen (secondary N) is 1. The number of rotatable bonds is 5. The Balaban J connectivity index is 2.25. The molecule has 4 nitrogen and oxygen atoms in total. The Labute approximate surface area is 105 Å². The van der Waals surface area contributed by atoms with Crippen molar-refractivity contribution in [3.05, 3.63) is 0 Å². The van der Waals surface area contributed by atoms with Crippen molar-refractivity contribution < 1.29 is 9.53 Å². The van der Waals surface area contributed by atoms with E-state index in [9.17, 15) is 4.79 Å². The molecule has 17 heavy (non-hydrogen) atoms. The van der Waals surface area contributed by atoms with Crippen LogP contribution in [0.25, 0.3) is 0 Å². The van der Waals surface area contributed by atoms with Crippen molar-refractivity contribution in [2.75, 3.05) is 26.7 Å². The number of piperidine rings is 1. The van der Waals surface area contributed by atoms with Crippen molar-refractivity contribution in [2.45, 2.75) is 45.7 Å². The van der Waals surface area contributed by atoms with Crippen LogP contribution >= 0.6 is 0 Å². The van der Waals surface area contributed by atoms with Gasteiger partial charge in [0.1, 0.15) is 6.04 Å². The topological polar surface area (TPSA) is 41.6 Å². The molecule has 0 aromatic carbocycles. The molecule has 1 fully saturated rings. The highest BCUT2D eigenvalue weighted by atomic mass is 16.5. The van der Waals surface area contributed by atoms with Crippen molar-refractivity contribution in [1.29, 1.82) is 0 Å². The van der Waals surface area contributed by atoms with Gasteiger partial charge in [-0.1, -0.05) is 13.8 Å². The fraction of sp³-hybridized carbons (Fsp3) is 0.923. The maximum atomic E-state index is 11.3. The Hall–Kier alpha value is -0.610. The van der Waals surface area contributed by atoms with Gasteiger partial charge in [-0.3, -0.25) is 4.79 Å². The number of nitrogens with zero attached hydrogens (tertiary/aromatic N) is 1. The zero-order valence-corrected chi connectivity index (χ0v) is 11.5. The lowest BCUT2D eigenvalue weighted by atomic mass is 10.0. The first-order chi connectivity index (χ1) is 8.02. The number of methoxy groups -OCH3 is 1. The predicted molar refractivity (Wildman–Crippen MR) is 68.9 cm³/mol. The van der Waals surface area contributed by atoms with Crippen LogP contribution in [-0.4, -0.2) is 49.7 Å². The molecule has 0 aromatic heterocycles. The first-order valence-corrected chi connectivity index (χ1v) is 6.59. The molecule has 4 heteroatoms. The third kappa shape index (κ3) is 5.04. The van der Waals surface area contributed by atoms with Crippen molar-refractivity contribution in [3.63, 3.8) is 0 Å². The van der Waals surface area contributed by atoms with E-state index in [-0.39, 0.29) is 12.0 Å². The van der Waals surface area contributed by atoms with Gasteiger partial charge in [-0.15, -0.1) is 0 Å². The lowest BCUT2D eigenvalue weighted by molar-refractivity contribution is -0.142. The Morgan fingerprint density at radius 3 is 2.41 bits per heavy atom. The molecule has 0 amide bonds. The highest BCUT2D eigenvalue weighted by molar-refractivity contribution is 5.75. The molecular weight excluding hydrogens is 216 g/mol. The third-order valence-electron chi connectivity index (χ3n) is 3.25. The molecule has 1 unspecified atom stereocenters. The average Bonchev–Trinajstić information content (AvgIpc) is 2.30. The van der Waals surface area contributed by atoms with Crippen LogP contribution in [0.1, 0.15) is 33.6 Å². The summed E-state index contributed by atoms with van der Waals surface area (Å²) >= 11 is 0. The van der Waals surface area contributed by atoms with Gasteiger partial charge in [0.25, 0.3) is 0 Å². The largest absolute Gasteiger partial charge is 0.468 e. The second-order valence-electron chi connectivity index (χ2n) is 5.38. The summed E-state index contributed by atoms with van der Waals surface area (Å²) < 4.78 is 4.72. The van der Waals surface area contributed by atoms with Gasteiger partial charge in [-0.25, -0.2) is 0 Å². The van der Waals surface area contributed by atoms with Gasteiger partial charge >= 0.3 is 5.97 Å². The zero-order chi connectivity index (χ0) is 12.8. The molecule has 1 atom stereocenters. The standard InChI is InChI=1S/C13H26N2O2/c1-10(2)9-15-7-5-12(6-8-15)14-11(3)13(16)17-4/h10-12,14H,5-9H2,1-4H3. The van der Waals surface area contributed by atoms with Crippen LogP contribution in [0, 0.1) is 5.92 Å². The molecule has 0 bridgehead atoms. The normalized spacial score (nSPS) is 20.5. The number of carbonyl (C=O) groups is 1. The van der Waals surface area contributed by atoms with E-state index in [0.717, 1.165) is 31.8 Å². The van der Waals surface area contributed by atoms with Gasteiger partial charge in [-0.2, -0.15) is 0 Å². The molecule has 1 heterocycles. The van der Waals surface area contributed by atoms with Crippen LogP contribution in [0.5, 0.6) is 0 Å². The summed E-state index contributed by atoms with van der Waals surface area (Å²) in [6, 6.07) is 0.258. The fourth-order valence-electron chi connectivity index (χ4n) is 2.40. The summed E-state index contributed by atoms with van der Waals surface area (Å²) in [5.41, 5.74) is 0. The molecule has 0 spiro atoms. The lowest BCUT2D eigenvalue weighted by Gasteiger charge is -2.34. The molecule has 0 saturated carbocycles. The fourth-order valence-corrected chi connectivity index (χ4v) is 2.40. The minimum Gasteiger partial charge on any atom is -0.468 e. The smallest absolute Gasteiger partial charge is 0.322 e. The molecule has 1 aliphatic heterocycles. The summed E-state index contributed by atoms with van der Waals surface area (Å²) in [6.07, 6.45) is 2.24. The van der Waals surface area contributed by atoms with Crippen LogP contribution < -0.4 is 5.32 Å². The van der Waals surface area contributed by atoms with Crippen molar-refractivity contribution >= 4 is 5.97 Å². The summed E-state index contributed by atoms with van der Waals surface area (Å²) in [5.74, 6) is 0.558. The van der Waals surface area contributed by atoms with Gasteiger partial charge in [0.15, 0.2) is 0 Å². The van der Waals surface area contributed by atoms with E-state index >= 15 is 0 Å². The quantitative estimate of drug-likeness (QED) is 0.737. The summed E-state index contributed by atoms with van der Waals surface area (Å²) in [4.78, 5) is 13.8. The van der Waals surface area contributed by atoms with Gasteiger partial charge in [0.2, 0.25) is 0 Å². The van der Waals surface area contributed by atoms with Crippen LogP contribution in [0.15, 0.2) is 0 Å². The van der Waals surface area contributed by atoms with Crippen LogP contribution in [0.4, 0.5) is 0 Å². The van der Waals surface area contributed by atoms with E-state index in [4.69, 9.17) is 4.74 Å². The third-order valence-corrected chi connectivity index (χ3v) is 3.25. The minimum atomic E-state index is -0.193. The zero-order valence-electron chi connectivity index (χ0n) is 11.5. The van der Waals surface area contributed by atoms with Gasteiger partial charge in [0.05, 0.1) is 7.11 Å². The molecule has 0 aromatic rings. The Kier molecular flexibility index (Phi) is 5.92. The highest BCUT2D eigenvalue weighted by Crippen LogP contribution is 2.12. The van der Waals surface area contributed by atoms with E-state index in [2.05, 4.69) is 24.1 Å². The van der Waals surface area contributed by atoms with E-state index in [0.29, 0.717) is 6.04 Å². The maximum Gasteiger partial charge on any atom is 0.322 e. The van der Waals surface area contributed by atoms with Crippen LogP contribution in [0.3, 0.4) is 0 Å². The van der Waals surface area contributed by atoms with Crippen molar-refractivity contribution in [3.8, 4) is 0 Å². The first kappa shape index (κ1) is 14.5. The van der Waals surface area contributed by atoms with Gasteiger partial charge in [-0.05, 0) is 38.8 Å². The van der Waals surface area contributed by atoms with E-state index in [1.807, 2.05) is 6.92 Å². The number of esters is 1. The molecule has 0 radical (unpaired) electrons. The monoisotopic (exact) mass is 242 g/mol. The average molecular weight is 242 g/mol. The summed E-state index contributed by atoms with van der Waals surface area (Å²) in [5, 5.41) is 3.34. The number of hydrogen-bond donors (Lipinski definition) is 1. The second kappa shape index (κ2) is 6.97. The minimum absolute atomic E-state index is 0.172. The molecular formula is C13H26N2O2. The molecule has 1 saturated heterocycles. The first-order valence-electron chi connectivity index (χ1n) is 6.59. The summed E-state index contributed by atoms with van der Waals surface area (Å²) in [7, 11) is 1.44. The second-order valence-corrected chi connectivity index (χ2v) is 5.38. The predicted octanol–water partition coefficient (Wildman–Crippen LogP) is 1.26. The number of hydrogen-bond acceptors (Lipinski definition) is 4. The molecule has 1 N–H and O–H groups in total. The van der Waals surface area contributed by atoms with Crippen molar-refractivity contribution in [2.24, 2.45) is 5.92 Å². The molecule has 100 valence electrons. The molecule has 1 aliphatic rings. The SMILES string of the molecule is COC(=O)C(C)NC1CCN(CC(C)C)CC1. The highest BCUT2D eigenvalue weighted by Gasteiger charge is 2.23. The van der Waals surface area contributed by atoms with Crippen LogP contribution in [0.2, 0.25) is 0 Å². The number of likely N-dealkylation sites (tertiary alicyclic amines) is 1. The lowest BCUT2D eigenvalue weighted by Crippen LogP contribution is -2.48. The van der Waals surface area contributed by atoms with Gasteiger partial charge < -0.3 is 15.0 Å². The molecule has 0 aliphatic carbocycles. The number of ether oxygens (including phenoxy) is 1. The van der Waals surface area contributed by atoms with Crippen LogP contribution in [-0.2, 0) is 9.53 Å². The maximum absolute atomic E-state index is 11.3. The van der Waals surface area contributed by atoms with E-state index < -0.39 is 0 Å². The number of carbonyl (C=O) groups excluding carboxylic acids is 1. The van der Waals surface area contributed by atoms with Crippen molar-refractivity contribution in [1.82, 2.24) is 10.2 Å².